The SMILES string of the molecule is COC(=O)/C=C/c1cc(-n2nc3cccc(C(F)(F)F)c3n2)c(O)c(C(C)(C)C)c1. The zero-order chi connectivity index (χ0) is 22.3. The van der Waals surface area contributed by atoms with Crippen LogP contribution in [0.15, 0.2) is 36.4 Å². The van der Waals surface area contributed by atoms with Gasteiger partial charge in [-0.15, -0.1) is 15.0 Å². The Morgan fingerprint density at radius 2 is 1.83 bits per heavy atom. The number of phenols is 1. The van der Waals surface area contributed by atoms with Gasteiger partial charge in [0.25, 0.3) is 0 Å². The van der Waals surface area contributed by atoms with Crippen molar-refractivity contribution >= 4 is 23.1 Å². The van der Waals surface area contributed by atoms with Crippen LogP contribution in [0.1, 0.15) is 37.5 Å². The van der Waals surface area contributed by atoms with Crippen molar-refractivity contribution in [1.82, 2.24) is 15.0 Å². The number of carbonyl (C=O) groups excluding carboxylic acids is 1. The van der Waals surface area contributed by atoms with Crippen LogP contribution in [0.25, 0.3) is 22.8 Å². The number of ether oxygens (including phenoxy) is 1. The Morgan fingerprint density at radius 3 is 2.43 bits per heavy atom. The quantitative estimate of drug-likeness (QED) is 0.495. The molecule has 158 valence electrons. The number of halogens is 3. The predicted octanol–water partition coefficient (Wildman–Crippen LogP) is 4.63. The fourth-order valence-electron chi connectivity index (χ4n) is 2.97. The van der Waals surface area contributed by atoms with E-state index >= 15 is 0 Å². The number of benzene rings is 2. The molecule has 1 aromatic heterocycles. The third-order valence-electron chi connectivity index (χ3n) is 4.47. The van der Waals surface area contributed by atoms with Crippen LogP contribution >= 0.6 is 0 Å². The number of aromatic nitrogens is 3. The number of hydrogen-bond acceptors (Lipinski definition) is 5. The van der Waals surface area contributed by atoms with E-state index in [1.165, 1.54) is 37.5 Å². The molecule has 0 radical (unpaired) electrons. The Kier molecular flexibility index (Phi) is 5.32. The lowest BCUT2D eigenvalue weighted by Crippen LogP contribution is -2.13. The number of nitrogens with zero attached hydrogens (tertiary/aromatic N) is 3. The van der Waals surface area contributed by atoms with Crippen molar-refractivity contribution < 1.29 is 27.8 Å². The van der Waals surface area contributed by atoms with Gasteiger partial charge < -0.3 is 9.84 Å². The van der Waals surface area contributed by atoms with E-state index in [1.54, 1.807) is 6.07 Å². The topological polar surface area (TPSA) is 77.2 Å². The van der Waals surface area contributed by atoms with Crippen LogP contribution in [0.2, 0.25) is 0 Å². The number of aromatic hydroxyl groups is 1. The summed E-state index contributed by atoms with van der Waals surface area (Å²) >= 11 is 0. The van der Waals surface area contributed by atoms with Crippen LogP contribution in [0, 0.1) is 0 Å². The minimum atomic E-state index is -4.59. The van der Waals surface area contributed by atoms with Gasteiger partial charge in [-0.05, 0) is 41.3 Å². The largest absolute Gasteiger partial charge is 0.505 e. The first-order valence-electron chi connectivity index (χ1n) is 8.99. The number of carbonyl (C=O) groups is 1. The molecule has 0 aliphatic carbocycles. The summed E-state index contributed by atoms with van der Waals surface area (Å²) in [5, 5.41) is 19.0. The van der Waals surface area contributed by atoms with E-state index in [9.17, 15) is 23.1 Å². The molecule has 0 bridgehead atoms. The molecule has 3 rings (SSSR count). The van der Waals surface area contributed by atoms with Crippen molar-refractivity contribution in [3.8, 4) is 11.4 Å². The third-order valence-corrected chi connectivity index (χ3v) is 4.47. The van der Waals surface area contributed by atoms with Gasteiger partial charge in [-0.1, -0.05) is 26.8 Å². The van der Waals surface area contributed by atoms with Gasteiger partial charge in [-0.2, -0.15) is 13.2 Å². The summed E-state index contributed by atoms with van der Waals surface area (Å²) in [6.07, 6.45) is -1.91. The second kappa shape index (κ2) is 7.47. The van der Waals surface area contributed by atoms with Crippen molar-refractivity contribution in [3.63, 3.8) is 0 Å². The summed E-state index contributed by atoms with van der Waals surface area (Å²) in [6, 6.07) is 6.76. The number of hydrogen-bond donors (Lipinski definition) is 1. The fraction of sp³-hybridized carbons (Fsp3) is 0.286. The van der Waals surface area contributed by atoms with E-state index in [-0.39, 0.29) is 22.5 Å². The zero-order valence-electron chi connectivity index (χ0n) is 16.8. The molecule has 1 heterocycles. The van der Waals surface area contributed by atoms with Crippen LogP contribution < -0.4 is 0 Å². The van der Waals surface area contributed by atoms with E-state index in [0.717, 1.165) is 10.9 Å². The lowest BCUT2D eigenvalue weighted by molar-refractivity contribution is -0.136. The lowest BCUT2D eigenvalue weighted by atomic mass is 9.85. The highest BCUT2D eigenvalue weighted by atomic mass is 19.4. The summed E-state index contributed by atoms with van der Waals surface area (Å²) < 4.78 is 44.6. The van der Waals surface area contributed by atoms with Gasteiger partial charge in [-0.3, -0.25) is 0 Å². The normalized spacial score (nSPS) is 12.6. The number of methoxy groups -OCH3 is 1. The van der Waals surface area contributed by atoms with Crippen LogP contribution in [0.3, 0.4) is 0 Å². The summed E-state index contributed by atoms with van der Waals surface area (Å²) in [6.45, 7) is 5.61. The van der Waals surface area contributed by atoms with Gasteiger partial charge in [-0.25, -0.2) is 4.79 Å². The molecule has 0 saturated carbocycles. The van der Waals surface area contributed by atoms with Crippen molar-refractivity contribution in [1.29, 1.82) is 0 Å². The summed E-state index contributed by atoms with van der Waals surface area (Å²) in [5.74, 6) is -0.730. The highest BCUT2D eigenvalue weighted by Gasteiger charge is 2.34. The molecule has 30 heavy (non-hydrogen) atoms. The van der Waals surface area contributed by atoms with Crippen LogP contribution in [-0.2, 0) is 21.1 Å². The molecule has 0 amide bonds. The Balaban J connectivity index is 2.24. The van der Waals surface area contributed by atoms with Crippen molar-refractivity contribution in [2.45, 2.75) is 32.4 Å². The second-order valence-electron chi connectivity index (χ2n) is 7.70. The molecule has 9 heteroatoms. The molecular weight excluding hydrogens is 399 g/mol. The summed E-state index contributed by atoms with van der Waals surface area (Å²) in [5.41, 5.74) is -0.566. The highest BCUT2D eigenvalue weighted by Crippen LogP contribution is 2.38. The van der Waals surface area contributed by atoms with Gasteiger partial charge in [0.15, 0.2) is 0 Å². The zero-order valence-corrected chi connectivity index (χ0v) is 16.8. The van der Waals surface area contributed by atoms with Gasteiger partial charge in [0.05, 0.1) is 12.7 Å². The monoisotopic (exact) mass is 419 g/mol. The fourth-order valence-corrected chi connectivity index (χ4v) is 2.97. The van der Waals surface area contributed by atoms with Crippen LogP contribution in [-0.4, -0.2) is 33.2 Å². The number of fused-ring (bicyclic) bond motifs is 1. The van der Waals surface area contributed by atoms with Gasteiger partial charge >= 0.3 is 12.1 Å². The Morgan fingerprint density at radius 1 is 1.13 bits per heavy atom. The average Bonchev–Trinajstić information content (AvgIpc) is 3.08. The number of phenolic OH excluding ortho intramolecular Hbond substituents is 1. The first-order chi connectivity index (χ1) is 13.9. The molecule has 1 N–H and O–H groups in total. The first-order valence-corrected chi connectivity index (χ1v) is 8.99. The van der Waals surface area contributed by atoms with Crippen molar-refractivity contribution in [2.24, 2.45) is 0 Å². The molecule has 0 unspecified atom stereocenters. The Labute approximate surface area is 170 Å². The standard InChI is InChI=1S/C21H20F3N3O3/c1-20(2,3)14-10-12(8-9-17(28)30-4)11-16(19(14)29)27-25-15-7-5-6-13(18(15)26-27)21(22,23)24/h5-11,29H,1-4H3/b9-8+. The maximum Gasteiger partial charge on any atom is 0.418 e. The van der Waals surface area contributed by atoms with E-state index in [1.807, 2.05) is 20.8 Å². The molecule has 0 saturated heterocycles. The van der Waals surface area contributed by atoms with E-state index in [2.05, 4.69) is 14.9 Å². The smallest absolute Gasteiger partial charge is 0.418 e. The minimum Gasteiger partial charge on any atom is -0.505 e. The van der Waals surface area contributed by atoms with Crippen LogP contribution in [0.5, 0.6) is 5.75 Å². The van der Waals surface area contributed by atoms with Gasteiger partial charge in [0.1, 0.15) is 22.5 Å². The third kappa shape index (κ3) is 4.14. The van der Waals surface area contributed by atoms with Gasteiger partial charge in [0, 0.05) is 11.6 Å². The van der Waals surface area contributed by atoms with Crippen molar-refractivity contribution in [2.75, 3.05) is 7.11 Å². The number of alkyl halides is 3. The van der Waals surface area contributed by atoms with Crippen molar-refractivity contribution in [3.05, 3.63) is 53.1 Å². The molecule has 0 fully saturated rings. The number of esters is 1. The van der Waals surface area contributed by atoms with Gasteiger partial charge in [0.2, 0.25) is 0 Å². The van der Waals surface area contributed by atoms with E-state index < -0.39 is 23.1 Å². The highest BCUT2D eigenvalue weighted by molar-refractivity contribution is 5.87. The first kappa shape index (κ1) is 21.4. The Hall–Kier alpha value is -3.36. The average molecular weight is 419 g/mol. The molecule has 0 spiro atoms. The Bertz CT molecular complexity index is 1140. The summed E-state index contributed by atoms with van der Waals surface area (Å²) in [7, 11) is 1.24. The molecule has 6 nitrogen and oxygen atoms in total. The maximum absolute atomic E-state index is 13.3. The van der Waals surface area contributed by atoms with E-state index in [0.29, 0.717) is 11.1 Å². The predicted molar refractivity (Wildman–Crippen MR) is 105 cm³/mol. The molecular formula is C21H20F3N3O3. The molecule has 3 aromatic rings. The molecule has 2 aromatic carbocycles. The summed E-state index contributed by atoms with van der Waals surface area (Å²) in [4.78, 5) is 12.4. The molecule has 0 atom stereocenters. The number of rotatable bonds is 3. The molecule has 0 aliphatic rings. The van der Waals surface area contributed by atoms with Crippen LogP contribution in [0.4, 0.5) is 13.2 Å². The second-order valence-corrected chi connectivity index (χ2v) is 7.70. The minimum absolute atomic E-state index is 0.0389. The lowest BCUT2D eigenvalue weighted by Gasteiger charge is -2.22. The van der Waals surface area contributed by atoms with E-state index in [4.69, 9.17) is 0 Å². The maximum atomic E-state index is 13.3. The molecule has 0 aliphatic heterocycles.